The Morgan fingerprint density at radius 2 is 1.80 bits per heavy atom. The summed E-state index contributed by atoms with van der Waals surface area (Å²) >= 11 is 6.49. The van der Waals surface area contributed by atoms with Crippen LogP contribution in [0.15, 0.2) is 60.9 Å². The lowest BCUT2D eigenvalue weighted by Gasteiger charge is -2.34. The van der Waals surface area contributed by atoms with Gasteiger partial charge in [0.25, 0.3) is 5.91 Å². The van der Waals surface area contributed by atoms with Gasteiger partial charge < -0.3 is 35.5 Å². The lowest BCUT2D eigenvalue weighted by atomic mass is 9.97. The van der Waals surface area contributed by atoms with E-state index in [9.17, 15) is 27.6 Å². The highest BCUT2D eigenvalue weighted by Gasteiger charge is 2.38. The van der Waals surface area contributed by atoms with E-state index in [4.69, 9.17) is 21.3 Å². The smallest absolute Gasteiger partial charge is 0.417 e. The van der Waals surface area contributed by atoms with Crippen LogP contribution in [-0.2, 0) is 15.7 Å². The van der Waals surface area contributed by atoms with Crippen LogP contribution in [-0.4, -0.2) is 83.1 Å². The molecule has 3 amide bonds. The molecule has 2 unspecified atom stereocenters. The molecule has 4 heterocycles. The monoisotopic (exact) mass is 766 g/mol. The molecule has 0 spiro atoms. The Bertz CT molecular complexity index is 1990. The lowest BCUT2D eigenvalue weighted by molar-refractivity contribution is -0.137. The molecule has 0 saturated carbocycles. The number of hydrogen-bond donors (Lipinski definition) is 4. The second-order valence-electron chi connectivity index (χ2n) is 13.8. The number of rotatable bonds is 9. The zero-order chi connectivity index (χ0) is 38.7. The van der Waals surface area contributed by atoms with Crippen molar-refractivity contribution in [3.63, 3.8) is 0 Å². The van der Waals surface area contributed by atoms with Crippen LogP contribution in [0.4, 0.5) is 29.5 Å². The van der Waals surface area contributed by atoms with Crippen molar-refractivity contribution in [2.75, 3.05) is 43.5 Å². The number of hydrogen-bond acceptors (Lipinski definition) is 8. The molecule has 4 N–H and O–H groups in total. The van der Waals surface area contributed by atoms with Gasteiger partial charge >= 0.3 is 12.3 Å². The number of aromatic amines is 1. The first-order valence-corrected chi connectivity index (χ1v) is 18.1. The summed E-state index contributed by atoms with van der Waals surface area (Å²) in [5.74, 6) is 0.204. The SMILES string of the molecule is COC(=O)N[C@H](C(=O)N1CCCC1c1nc(-c2ccc(-c3cc(Cl)c(NC(=O)c4ccc(N5CCNCC5C)nc4)cc3C(F)(F)F)cc2)c[nH]1)C(C)C. The van der Waals surface area contributed by atoms with E-state index >= 15 is 0 Å². The number of carbonyl (C=O) groups excluding carboxylic acids is 3. The van der Waals surface area contributed by atoms with Crippen LogP contribution in [0.2, 0.25) is 5.02 Å². The number of imidazole rings is 1. The number of methoxy groups -OCH3 is 1. The fraction of sp³-hybridized carbons (Fsp3) is 0.395. The summed E-state index contributed by atoms with van der Waals surface area (Å²) in [6.45, 7) is 8.61. The van der Waals surface area contributed by atoms with Crippen molar-refractivity contribution in [1.29, 1.82) is 0 Å². The Kier molecular flexibility index (Phi) is 11.5. The summed E-state index contributed by atoms with van der Waals surface area (Å²) < 4.78 is 48.1. The molecule has 2 aliphatic rings. The standard InChI is InChI=1S/C38H42ClF3N8O4/c1-21(2)33(48-37(53)54-4)36(52)50-14-5-6-31(50)34-45-20-30(46-34)24-9-7-23(8-10-24)26-16-28(39)29(17-27(26)38(40,41)42)47-35(51)25-11-12-32(44-19-25)49-15-13-43-18-22(49)3/h7-12,16-17,19-22,31,33,43H,5-6,13-15,18H2,1-4H3,(H,45,46)(H,47,51)(H,48,53)/t22?,31?,33-/m0/s1. The molecule has 2 fully saturated rings. The molecule has 12 nitrogen and oxygen atoms in total. The number of H-pyrrole nitrogens is 1. The highest BCUT2D eigenvalue weighted by molar-refractivity contribution is 6.34. The number of alkyl halides is 3. The molecule has 0 radical (unpaired) electrons. The molecule has 3 atom stereocenters. The molecule has 16 heteroatoms. The van der Waals surface area contributed by atoms with Gasteiger partial charge in [0.2, 0.25) is 5.91 Å². The number of amides is 3. The number of likely N-dealkylation sites (tertiary alicyclic amines) is 1. The van der Waals surface area contributed by atoms with Crippen molar-refractivity contribution < 1.29 is 32.3 Å². The Balaban J connectivity index is 1.18. The number of ether oxygens (including phenoxy) is 1. The number of pyridine rings is 1. The number of nitrogens with zero attached hydrogens (tertiary/aromatic N) is 4. The molecule has 6 rings (SSSR count). The van der Waals surface area contributed by atoms with Gasteiger partial charge in [0, 0.05) is 50.2 Å². The number of carbonyl (C=O) groups is 3. The van der Waals surface area contributed by atoms with Crippen LogP contribution in [0.5, 0.6) is 0 Å². The van der Waals surface area contributed by atoms with E-state index in [0.717, 1.165) is 32.1 Å². The minimum absolute atomic E-state index is 0.0660. The molecule has 0 bridgehead atoms. The average Bonchev–Trinajstić information content (AvgIpc) is 3.85. The van der Waals surface area contributed by atoms with Crippen LogP contribution < -0.4 is 20.9 Å². The van der Waals surface area contributed by atoms with E-state index in [1.807, 2.05) is 13.8 Å². The van der Waals surface area contributed by atoms with Crippen LogP contribution in [0.25, 0.3) is 22.4 Å². The quantitative estimate of drug-likeness (QED) is 0.144. The fourth-order valence-corrected chi connectivity index (χ4v) is 7.09. The maximum Gasteiger partial charge on any atom is 0.417 e. The van der Waals surface area contributed by atoms with Crippen molar-refractivity contribution in [3.8, 4) is 22.4 Å². The molecule has 2 aliphatic heterocycles. The highest BCUT2D eigenvalue weighted by atomic mass is 35.5. The average molecular weight is 767 g/mol. The van der Waals surface area contributed by atoms with Crippen molar-refractivity contribution in [2.24, 2.45) is 5.92 Å². The second-order valence-corrected chi connectivity index (χ2v) is 14.2. The molecule has 0 aliphatic carbocycles. The van der Waals surface area contributed by atoms with Crippen LogP contribution >= 0.6 is 11.6 Å². The van der Waals surface area contributed by atoms with E-state index in [1.54, 1.807) is 47.5 Å². The Hall–Kier alpha value is -5.15. The number of benzene rings is 2. The van der Waals surface area contributed by atoms with E-state index in [2.05, 4.69) is 37.7 Å². The summed E-state index contributed by atoms with van der Waals surface area (Å²) in [5, 5.41) is 8.39. The van der Waals surface area contributed by atoms with Gasteiger partial charge in [0.05, 0.1) is 40.7 Å². The molecule has 4 aromatic rings. The van der Waals surface area contributed by atoms with Gasteiger partial charge in [-0.15, -0.1) is 0 Å². The number of halogens is 4. The lowest BCUT2D eigenvalue weighted by Crippen LogP contribution is -2.51. The van der Waals surface area contributed by atoms with Crippen molar-refractivity contribution in [1.82, 2.24) is 30.5 Å². The normalized spacial score (nSPS) is 18.1. The largest absolute Gasteiger partial charge is 0.453 e. The van der Waals surface area contributed by atoms with Gasteiger partial charge in [-0.2, -0.15) is 13.2 Å². The van der Waals surface area contributed by atoms with E-state index < -0.39 is 29.8 Å². The Morgan fingerprint density at radius 1 is 1.06 bits per heavy atom. The van der Waals surface area contributed by atoms with Crippen LogP contribution in [0, 0.1) is 5.92 Å². The van der Waals surface area contributed by atoms with E-state index in [-0.39, 0.29) is 51.3 Å². The van der Waals surface area contributed by atoms with Gasteiger partial charge in [-0.3, -0.25) is 9.59 Å². The third kappa shape index (κ3) is 8.31. The number of alkyl carbamates (subject to hydrolysis) is 1. The molecular formula is C38H42ClF3N8O4. The maximum absolute atomic E-state index is 14.5. The fourth-order valence-electron chi connectivity index (χ4n) is 6.88. The third-order valence-electron chi connectivity index (χ3n) is 9.80. The summed E-state index contributed by atoms with van der Waals surface area (Å²) in [6.07, 6.45) is -0.960. The topological polar surface area (TPSA) is 145 Å². The first kappa shape index (κ1) is 38.6. The number of aromatic nitrogens is 3. The van der Waals surface area contributed by atoms with Gasteiger partial charge in [-0.05, 0) is 61.1 Å². The third-order valence-corrected chi connectivity index (χ3v) is 10.1. The number of anilines is 2. The Labute approximate surface area is 315 Å². The summed E-state index contributed by atoms with van der Waals surface area (Å²) in [6, 6.07) is 10.8. The predicted octanol–water partition coefficient (Wildman–Crippen LogP) is 6.91. The molecule has 54 heavy (non-hydrogen) atoms. The first-order valence-electron chi connectivity index (χ1n) is 17.7. The first-order chi connectivity index (χ1) is 25.7. The zero-order valence-electron chi connectivity index (χ0n) is 30.3. The van der Waals surface area contributed by atoms with Crippen LogP contribution in [0.3, 0.4) is 0 Å². The summed E-state index contributed by atoms with van der Waals surface area (Å²) in [4.78, 5) is 54.6. The molecular weight excluding hydrogens is 725 g/mol. The van der Waals surface area contributed by atoms with Crippen LogP contribution in [0.1, 0.15) is 61.4 Å². The summed E-state index contributed by atoms with van der Waals surface area (Å²) in [7, 11) is 1.24. The van der Waals surface area contributed by atoms with E-state index in [1.165, 1.54) is 19.4 Å². The maximum atomic E-state index is 14.5. The molecule has 286 valence electrons. The van der Waals surface area contributed by atoms with Crippen molar-refractivity contribution in [2.45, 2.75) is 57.9 Å². The van der Waals surface area contributed by atoms with Crippen molar-refractivity contribution >= 4 is 41.0 Å². The van der Waals surface area contributed by atoms with Gasteiger partial charge in [-0.1, -0.05) is 49.7 Å². The Morgan fingerprint density at radius 3 is 2.44 bits per heavy atom. The van der Waals surface area contributed by atoms with Gasteiger partial charge in [0.1, 0.15) is 17.7 Å². The van der Waals surface area contributed by atoms with Gasteiger partial charge in [0.15, 0.2) is 0 Å². The van der Waals surface area contributed by atoms with E-state index in [0.29, 0.717) is 35.9 Å². The molecule has 2 saturated heterocycles. The molecule has 2 aromatic carbocycles. The van der Waals surface area contributed by atoms with Crippen molar-refractivity contribution in [3.05, 3.63) is 82.9 Å². The molecule has 2 aromatic heterocycles. The highest BCUT2D eigenvalue weighted by Crippen LogP contribution is 2.42. The van der Waals surface area contributed by atoms with Gasteiger partial charge in [-0.25, -0.2) is 14.8 Å². The number of piperazine rings is 1. The minimum atomic E-state index is -4.76. The summed E-state index contributed by atoms with van der Waals surface area (Å²) in [5.41, 5.74) is 0.310. The minimum Gasteiger partial charge on any atom is -0.453 e. The second kappa shape index (κ2) is 16.1. The number of nitrogens with one attached hydrogen (secondary N) is 4. The predicted molar refractivity (Wildman–Crippen MR) is 199 cm³/mol. The zero-order valence-corrected chi connectivity index (χ0v) is 31.0.